The first kappa shape index (κ1) is 9.27. The van der Waals surface area contributed by atoms with Gasteiger partial charge in [0.15, 0.2) is 0 Å². The van der Waals surface area contributed by atoms with Gasteiger partial charge in [0.05, 0.1) is 5.69 Å². The first-order valence-electron chi connectivity index (χ1n) is 5.46. The highest BCUT2D eigenvalue weighted by atomic mass is 16.1. The Balaban J connectivity index is 1.83. The number of hydrogen-bond donors (Lipinski definition) is 3. The van der Waals surface area contributed by atoms with Crippen molar-refractivity contribution in [1.29, 1.82) is 0 Å². The quantitative estimate of drug-likeness (QED) is 0.732. The van der Waals surface area contributed by atoms with Crippen molar-refractivity contribution in [2.24, 2.45) is 0 Å². The van der Waals surface area contributed by atoms with E-state index in [0.717, 1.165) is 16.9 Å². The van der Waals surface area contributed by atoms with Crippen molar-refractivity contribution in [3.05, 3.63) is 40.7 Å². The van der Waals surface area contributed by atoms with Crippen molar-refractivity contribution < 1.29 is 0 Å². The molecule has 1 fully saturated rings. The summed E-state index contributed by atoms with van der Waals surface area (Å²) in [5.41, 5.74) is 2.88. The number of hydrogen-bond acceptors (Lipinski definition) is 2. The number of H-pyrrole nitrogens is 2. The van der Waals surface area contributed by atoms with Crippen LogP contribution in [0.1, 0.15) is 12.8 Å². The summed E-state index contributed by atoms with van der Waals surface area (Å²) < 4.78 is 0. The number of anilines is 1. The van der Waals surface area contributed by atoms with Gasteiger partial charge in [-0.05, 0) is 30.5 Å². The lowest BCUT2D eigenvalue weighted by molar-refractivity contribution is 1.06. The second kappa shape index (κ2) is 3.56. The van der Waals surface area contributed by atoms with Gasteiger partial charge in [-0.15, -0.1) is 0 Å². The molecule has 1 aromatic carbocycles. The molecule has 1 aromatic heterocycles. The highest BCUT2D eigenvalue weighted by Crippen LogP contribution is 2.25. The normalized spacial score (nSPS) is 15.0. The molecular formula is C12H13N3O. The van der Waals surface area contributed by atoms with Crippen molar-refractivity contribution in [2.45, 2.75) is 18.9 Å². The maximum atomic E-state index is 11.0. The third kappa shape index (κ3) is 1.86. The van der Waals surface area contributed by atoms with Gasteiger partial charge in [0, 0.05) is 17.8 Å². The second-order valence-corrected chi connectivity index (χ2v) is 4.17. The van der Waals surface area contributed by atoms with Gasteiger partial charge in [0.25, 0.3) is 5.56 Å². The Labute approximate surface area is 92.7 Å². The molecule has 3 N–H and O–H groups in total. The first-order valence-corrected chi connectivity index (χ1v) is 5.46. The van der Waals surface area contributed by atoms with Crippen molar-refractivity contribution in [3.63, 3.8) is 0 Å². The third-order valence-corrected chi connectivity index (χ3v) is 2.74. The zero-order chi connectivity index (χ0) is 11.0. The van der Waals surface area contributed by atoms with E-state index >= 15 is 0 Å². The maximum Gasteiger partial charge on any atom is 0.264 e. The maximum absolute atomic E-state index is 11.0. The zero-order valence-corrected chi connectivity index (χ0v) is 8.79. The molecule has 0 atom stereocenters. The molecule has 2 aromatic rings. The predicted molar refractivity (Wildman–Crippen MR) is 63.5 cm³/mol. The minimum atomic E-state index is -0.102. The summed E-state index contributed by atoms with van der Waals surface area (Å²) in [4.78, 5) is 11.0. The number of benzene rings is 1. The molecule has 0 unspecified atom stereocenters. The Kier molecular flexibility index (Phi) is 2.06. The lowest BCUT2D eigenvalue weighted by atomic mass is 10.1. The van der Waals surface area contributed by atoms with Crippen LogP contribution in [0.2, 0.25) is 0 Å². The van der Waals surface area contributed by atoms with E-state index in [0.29, 0.717) is 6.04 Å². The Morgan fingerprint density at radius 1 is 1.12 bits per heavy atom. The monoisotopic (exact) mass is 215 g/mol. The summed E-state index contributed by atoms with van der Waals surface area (Å²) in [7, 11) is 0. The first-order chi connectivity index (χ1) is 7.81. The summed E-state index contributed by atoms with van der Waals surface area (Å²) in [6, 6.07) is 10.3. The van der Waals surface area contributed by atoms with E-state index in [-0.39, 0.29) is 5.56 Å². The molecule has 1 aliphatic carbocycles. The Bertz CT molecular complexity index is 534. The highest BCUT2D eigenvalue weighted by molar-refractivity contribution is 5.62. The van der Waals surface area contributed by atoms with Crippen LogP contribution in [0.4, 0.5) is 5.69 Å². The predicted octanol–water partition coefficient (Wildman–Crippen LogP) is 1.94. The molecule has 4 nitrogen and oxygen atoms in total. The van der Waals surface area contributed by atoms with Crippen molar-refractivity contribution in [1.82, 2.24) is 10.2 Å². The minimum absolute atomic E-state index is 0.102. The summed E-state index contributed by atoms with van der Waals surface area (Å²) >= 11 is 0. The molecular weight excluding hydrogens is 202 g/mol. The number of aromatic nitrogens is 2. The molecule has 4 heteroatoms. The second-order valence-electron chi connectivity index (χ2n) is 4.17. The molecule has 82 valence electrons. The lowest BCUT2D eigenvalue weighted by Crippen LogP contribution is -1.99. The van der Waals surface area contributed by atoms with E-state index in [9.17, 15) is 4.79 Å². The molecule has 1 heterocycles. The van der Waals surface area contributed by atoms with Crippen LogP contribution in [0.5, 0.6) is 0 Å². The third-order valence-electron chi connectivity index (χ3n) is 2.74. The molecule has 3 rings (SSSR count). The molecule has 0 saturated heterocycles. The lowest BCUT2D eigenvalue weighted by Gasteiger charge is -2.04. The summed E-state index contributed by atoms with van der Waals surface area (Å²) in [6.07, 6.45) is 2.54. The van der Waals surface area contributed by atoms with Gasteiger partial charge in [-0.25, -0.2) is 0 Å². The summed E-state index contributed by atoms with van der Waals surface area (Å²) in [5, 5.41) is 8.78. The van der Waals surface area contributed by atoms with E-state index in [1.807, 2.05) is 24.3 Å². The van der Waals surface area contributed by atoms with Gasteiger partial charge in [-0.2, -0.15) is 0 Å². The van der Waals surface area contributed by atoms with E-state index in [4.69, 9.17) is 0 Å². The molecule has 1 aliphatic rings. The summed E-state index contributed by atoms with van der Waals surface area (Å²) in [6.45, 7) is 0. The van der Waals surface area contributed by atoms with E-state index in [2.05, 4.69) is 15.5 Å². The van der Waals surface area contributed by atoms with E-state index < -0.39 is 0 Å². The highest BCUT2D eigenvalue weighted by Gasteiger charge is 2.20. The van der Waals surface area contributed by atoms with Crippen LogP contribution in [0.15, 0.2) is 35.1 Å². The van der Waals surface area contributed by atoms with Crippen LogP contribution in [-0.2, 0) is 0 Å². The number of aromatic amines is 2. The Morgan fingerprint density at radius 3 is 2.44 bits per heavy atom. The van der Waals surface area contributed by atoms with E-state index in [1.54, 1.807) is 6.07 Å². The zero-order valence-electron chi connectivity index (χ0n) is 8.79. The number of nitrogens with one attached hydrogen (secondary N) is 3. The SMILES string of the molecule is O=c1cc(-c2ccc(NC3CC3)cc2)[nH][nH]1. The fraction of sp³-hybridized carbons (Fsp3) is 0.250. The van der Waals surface area contributed by atoms with Crippen molar-refractivity contribution in [3.8, 4) is 11.3 Å². The van der Waals surface area contributed by atoms with Gasteiger partial charge >= 0.3 is 0 Å². The topological polar surface area (TPSA) is 60.7 Å². The molecule has 0 spiro atoms. The number of rotatable bonds is 3. The molecule has 0 aliphatic heterocycles. The Morgan fingerprint density at radius 2 is 1.88 bits per heavy atom. The van der Waals surface area contributed by atoms with Crippen LogP contribution < -0.4 is 10.9 Å². The molecule has 0 radical (unpaired) electrons. The van der Waals surface area contributed by atoms with Crippen LogP contribution in [0, 0.1) is 0 Å². The standard InChI is InChI=1S/C12H13N3O/c16-12-7-11(14-15-12)8-1-3-9(4-2-8)13-10-5-6-10/h1-4,7,10,13H,5-6H2,(H2,14,15,16). The average Bonchev–Trinajstić information content (AvgIpc) is 3.00. The summed E-state index contributed by atoms with van der Waals surface area (Å²) in [5.74, 6) is 0. The average molecular weight is 215 g/mol. The van der Waals surface area contributed by atoms with Crippen LogP contribution >= 0.6 is 0 Å². The largest absolute Gasteiger partial charge is 0.382 e. The van der Waals surface area contributed by atoms with Gasteiger partial charge in [-0.3, -0.25) is 15.0 Å². The van der Waals surface area contributed by atoms with Gasteiger partial charge in [0.2, 0.25) is 0 Å². The van der Waals surface area contributed by atoms with Crippen molar-refractivity contribution >= 4 is 5.69 Å². The molecule has 1 saturated carbocycles. The van der Waals surface area contributed by atoms with Crippen LogP contribution in [-0.4, -0.2) is 16.2 Å². The van der Waals surface area contributed by atoms with Gasteiger partial charge in [0.1, 0.15) is 0 Å². The molecule has 16 heavy (non-hydrogen) atoms. The fourth-order valence-electron chi connectivity index (χ4n) is 1.70. The van der Waals surface area contributed by atoms with Crippen LogP contribution in [0.25, 0.3) is 11.3 Å². The molecule has 0 bridgehead atoms. The molecule has 0 amide bonds. The van der Waals surface area contributed by atoms with Gasteiger partial charge in [-0.1, -0.05) is 12.1 Å². The smallest absolute Gasteiger partial charge is 0.264 e. The van der Waals surface area contributed by atoms with Crippen LogP contribution in [0.3, 0.4) is 0 Å². The fourth-order valence-corrected chi connectivity index (χ4v) is 1.70. The van der Waals surface area contributed by atoms with Gasteiger partial charge < -0.3 is 5.32 Å². The van der Waals surface area contributed by atoms with E-state index in [1.165, 1.54) is 12.8 Å². The minimum Gasteiger partial charge on any atom is -0.382 e. The Hall–Kier alpha value is -1.97. The van der Waals surface area contributed by atoms with Crippen molar-refractivity contribution in [2.75, 3.05) is 5.32 Å².